The molecule has 1 aromatic rings. The van der Waals surface area contributed by atoms with Gasteiger partial charge in [0.25, 0.3) is 5.91 Å². The molecule has 2 rings (SSSR count). The minimum absolute atomic E-state index is 0.321. The molecule has 1 fully saturated rings. The van der Waals surface area contributed by atoms with E-state index in [1.54, 1.807) is 0 Å². The van der Waals surface area contributed by atoms with Crippen molar-refractivity contribution in [2.75, 3.05) is 0 Å². The van der Waals surface area contributed by atoms with Crippen molar-refractivity contribution in [3.05, 3.63) is 35.4 Å². The highest BCUT2D eigenvalue weighted by molar-refractivity contribution is 5.97. The SMILES string of the molecule is NC(=O)c1ccc(C(=O)NC2CCCCCCC2C(=O)O)cc1. The minimum atomic E-state index is -0.860. The lowest BCUT2D eigenvalue weighted by atomic mass is 9.86. The summed E-state index contributed by atoms with van der Waals surface area (Å²) in [6.45, 7) is 0. The van der Waals surface area contributed by atoms with Gasteiger partial charge in [-0.3, -0.25) is 14.4 Å². The average molecular weight is 318 g/mol. The van der Waals surface area contributed by atoms with E-state index in [0.29, 0.717) is 24.0 Å². The first kappa shape index (κ1) is 17.0. The average Bonchev–Trinajstić information content (AvgIpc) is 2.49. The zero-order chi connectivity index (χ0) is 16.8. The van der Waals surface area contributed by atoms with E-state index in [1.165, 1.54) is 24.3 Å². The molecular formula is C17H22N2O4. The molecule has 1 aliphatic rings. The standard InChI is InChI=1S/C17H22N2O4/c18-15(20)11-7-9-12(10-8-11)16(21)19-14-6-4-2-1-3-5-13(14)17(22)23/h7-10,13-14H,1-6H2,(H2,18,20)(H,19,21)(H,22,23). The third kappa shape index (κ3) is 4.55. The van der Waals surface area contributed by atoms with Gasteiger partial charge in [-0.25, -0.2) is 0 Å². The Balaban J connectivity index is 2.08. The van der Waals surface area contributed by atoms with Crippen LogP contribution in [0, 0.1) is 5.92 Å². The summed E-state index contributed by atoms with van der Waals surface area (Å²) in [6.07, 6.45) is 5.14. The maximum atomic E-state index is 12.3. The molecule has 0 heterocycles. The number of hydrogen-bond acceptors (Lipinski definition) is 3. The summed E-state index contributed by atoms with van der Waals surface area (Å²) in [5, 5.41) is 12.3. The highest BCUT2D eigenvalue weighted by atomic mass is 16.4. The van der Waals surface area contributed by atoms with Crippen molar-refractivity contribution < 1.29 is 19.5 Å². The normalized spacial score (nSPS) is 21.7. The second kappa shape index (κ2) is 7.76. The van der Waals surface area contributed by atoms with Gasteiger partial charge in [0.2, 0.25) is 5.91 Å². The van der Waals surface area contributed by atoms with Crippen LogP contribution in [0.1, 0.15) is 59.2 Å². The molecule has 2 atom stereocenters. The summed E-state index contributed by atoms with van der Waals surface area (Å²) in [5.41, 5.74) is 5.89. The van der Waals surface area contributed by atoms with Gasteiger partial charge in [0.15, 0.2) is 0 Å². The van der Waals surface area contributed by atoms with Crippen LogP contribution in [0.5, 0.6) is 0 Å². The Hall–Kier alpha value is -2.37. The Bertz CT molecular complexity index is 583. The lowest BCUT2D eigenvalue weighted by Gasteiger charge is -2.27. The first-order valence-electron chi connectivity index (χ1n) is 7.92. The quantitative estimate of drug-likeness (QED) is 0.788. The molecule has 23 heavy (non-hydrogen) atoms. The molecule has 6 heteroatoms. The summed E-state index contributed by atoms with van der Waals surface area (Å²) < 4.78 is 0. The molecular weight excluding hydrogens is 296 g/mol. The van der Waals surface area contributed by atoms with E-state index >= 15 is 0 Å². The number of primary amides is 1. The predicted octanol–water partition coefficient (Wildman–Crippen LogP) is 1.94. The molecule has 1 saturated carbocycles. The van der Waals surface area contributed by atoms with Crippen LogP contribution >= 0.6 is 0 Å². The molecule has 6 nitrogen and oxygen atoms in total. The van der Waals surface area contributed by atoms with Crippen LogP contribution in [0.4, 0.5) is 0 Å². The van der Waals surface area contributed by atoms with Gasteiger partial charge in [0.1, 0.15) is 0 Å². The molecule has 4 N–H and O–H groups in total. The van der Waals surface area contributed by atoms with Gasteiger partial charge in [-0.05, 0) is 37.1 Å². The Labute approximate surface area is 135 Å². The Morgan fingerprint density at radius 3 is 2.09 bits per heavy atom. The number of carbonyl (C=O) groups excluding carboxylic acids is 2. The highest BCUT2D eigenvalue weighted by Crippen LogP contribution is 2.23. The summed E-state index contributed by atoms with van der Waals surface area (Å²) in [6, 6.07) is 5.66. The Morgan fingerprint density at radius 1 is 0.957 bits per heavy atom. The number of rotatable bonds is 4. The Kier molecular flexibility index (Phi) is 5.73. The van der Waals surface area contributed by atoms with Crippen molar-refractivity contribution in [1.29, 1.82) is 0 Å². The number of aliphatic carboxylic acids is 1. The molecule has 0 saturated heterocycles. The fraction of sp³-hybridized carbons (Fsp3) is 0.471. The summed E-state index contributed by atoms with van der Waals surface area (Å²) in [7, 11) is 0. The van der Waals surface area contributed by atoms with E-state index in [4.69, 9.17) is 5.73 Å². The Morgan fingerprint density at radius 2 is 1.52 bits per heavy atom. The van der Waals surface area contributed by atoms with Crippen molar-refractivity contribution in [3.63, 3.8) is 0 Å². The van der Waals surface area contributed by atoms with Crippen molar-refractivity contribution >= 4 is 17.8 Å². The van der Waals surface area contributed by atoms with E-state index in [-0.39, 0.29) is 11.9 Å². The van der Waals surface area contributed by atoms with Gasteiger partial charge in [-0.15, -0.1) is 0 Å². The van der Waals surface area contributed by atoms with Gasteiger partial charge in [-0.2, -0.15) is 0 Å². The molecule has 0 radical (unpaired) electrons. The molecule has 0 spiro atoms. The number of carbonyl (C=O) groups is 3. The van der Waals surface area contributed by atoms with E-state index < -0.39 is 17.8 Å². The van der Waals surface area contributed by atoms with Gasteiger partial charge >= 0.3 is 5.97 Å². The molecule has 0 aromatic heterocycles. The van der Waals surface area contributed by atoms with Crippen molar-refractivity contribution in [3.8, 4) is 0 Å². The monoisotopic (exact) mass is 318 g/mol. The van der Waals surface area contributed by atoms with Crippen LogP contribution in [0.15, 0.2) is 24.3 Å². The molecule has 2 amide bonds. The zero-order valence-electron chi connectivity index (χ0n) is 13.0. The number of carboxylic acid groups (broad SMARTS) is 1. The molecule has 0 aliphatic heterocycles. The third-order valence-electron chi connectivity index (χ3n) is 4.33. The fourth-order valence-electron chi connectivity index (χ4n) is 2.99. The summed E-state index contributed by atoms with van der Waals surface area (Å²) >= 11 is 0. The second-order valence-electron chi connectivity index (χ2n) is 5.96. The largest absolute Gasteiger partial charge is 0.481 e. The van der Waals surface area contributed by atoms with Crippen LogP contribution in [0.25, 0.3) is 0 Å². The zero-order valence-corrected chi connectivity index (χ0v) is 13.0. The topological polar surface area (TPSA) is 109 Å². The molecule has 2 unspecified atom stereocenters. The number of nitrogens with two attached hydrogens (primary N) is 1. The maximum Gasteiger partial charge on any atom is 0.308 e. The lowest BCUT2D eigenvalue weighted by Crippen LogP contribution is -2.43. The number of benzene rings is 1. The van der Waals surface area contributed by atoms with Crippen LogP contribution < -0.4 is 11.1 Å². The maximum absolute atomic E-state index is 12.3. The van der Waals surface area contributed by atoms with Crippen LogP contribution in [0.2, 0.25) is 0 Å². The van der Waals surface area contributed by atoms with Crippen molar-refractivity contribution in [2.24, 2.45) is 11.7 Å². The van der Waals surface area contributed by atoms with E-state index in [1.807, 2.05) is 0 Å². The van der Waals surface area contributed by atoms with Crippen molar-refractivity contribution in [1.82, 2.24) is 5.32 Å². The first-order valence-corrected chi connectivity index (χ1v) is 7.92. The first-order chi connectivity index (χ1) is 11.0. The van der Waals surface area contributed by atoms with Crippen LogP contribution in [-0.4, -0.2) is 28.9 Å². The van der Waals surface area contributed by atoms with E-state index in [2.05, 4.69) is 5.32 Å². The smallest absolute Gasteiger partial charge is 0.308 e. The van der Waals surface area contributed by atoms with Crippen LogP contribution in [-0.2, 0) is 4.79 Å². The third-order valence-corrected chi connectivity index (χ3v) is 4.33. The van der Waals surface area contributed by atoms with E-state index in [0.717, 1.165) is 25.7 Å². The summed E-state index contributed by atoms with van der Waals surface area (Å²) in [5.74, 6) is -2.29. The number of nitrogens with one attached hydrogen (secondary N) is 1. The van der Waals surface area contributed by atoms with Crippen molar-refractivity contribution in [2.45, 2.75) is 44.6 Å². The molecule has 124 valence electrons. The number of carboxylic acids is 1. The lowest BCUT2D eigenvalue weighted by molar-refractivity contribution is -0.143. The highest BCUT2D eigenvalue weighted by Gasteiger charge is 2.30. The molecule has 1 aromatic carbocycles. The van der Waals surface area contributed by atoms with Gasteiger partial charge in [-0.1, -0.05) is 25.7 Å². The fourth-order valence-corrected chi connectivity index (χ4v) is 2.99. The molecule has 1 aliphatic carbocycles. The second-order valence-corrected chi connectivity index (χ2v) is 5.96. The number of amides is 2. The van der Waals surface area contributed by atoms with Crippen LogP contribution in [0.3, 0.4) is 0 Å². The summed E-state index contributed by atoms with van der Waals surface area (Å²) in [4.78, 5) is 34.8. The number of hydrogen-bond donors (Lipinski definition) is 3. The van der Waals surface area contributed by atoms with Gasteiger partial charge < -0.3 is 16.2 Å². The predicted molar refractivity (Wildman–Crippen MR) is 85.0 cm³/mol. The minimum Gasteiger partial charge on any atom is -0.481 e. The molecule has 0 bridgehead atoms. The van der Waals surface area contributed by atoms with E-state index in [9.17, 15) is 19.5 Å². The van der Waals surface area contributed by atoms with Gasteiger partial charge in [0.05, 0.1) is 5.92 Å². The van der Waals surface area contributed by atoms with Gasteiger partial charge in [0, 0.05) is 17.2 Å².